The lowest BCUT2D eigenvalue weighted by atomic mass is 9.68. The van der Waals surface area contributed by atoms with E-state index in [1.807, 2.05) is 30.3 Å². The number of aliphatic hydroxyl groups is 1. The van der Waals surface area contributed by atoms with Gasteiger partial charge in [0, 0.05) is 20.1 Å². The summed E-state index contributed by atoms with van der Waals surface area (Å²) < 4.78 is 5.09. The molecule has 3 heterocycles. The molecule has 4 rings (SSSR count). The Morgan fingerprint density at radius 2 is 1.96 bits per heavy atom. The van der Waals surface area contributed by atoms with Crippen LogP contribution < -0.4 is 0 Å². The van der Waals surface area contributed by atoms with E-state index in [1.54, 1.807) is 16.8 Å². The molecular weight excluding hydrogens is 346 g/mol. The molecule has 2 atom stereocenters. The first-order chi connectivity index (χ1) is 13.0. The Labute approximate surface area is 157 Å². The van der Waals surface area contributed by atoms with Gasteiger partial charge in [0.05, 0.1) is 23.8 Å². The molecule has 0 bridgehead atoms. The Morgan fingerprint density at radius 1 is 1.26 bits per heavy atom. The third kappa shape index (κ3) is 3.02. The molecule has 0 saturated carbocycles. The number of aliphatic hydroxyl groups excluding tert-OH is 1. The van der Waals surface area contributed by atoms with Crippen molar-refractivity contribution in [3.8, 4) is 0 Å². The minimum atomic E-state index is -0.633. The average Bonchev–Trinajstić information content (AvgIpc) is 3.22. The van der Waals surface area contributed by atoms with Crippen molar-refractivity contribution in [2.24, 2.45) is 5.41 Å². The van der Waals surface area contributed by atoms with Gasteiger partial charge in [-0.25, -0.2) is 4.98 Å². The number of oxazole rings is 1. The molecule has 0 radical (unpaired) electrons. The summed E-state index contributed by atoms with van der Waals surface area (Å²) in [6, 6.07) is 9.29. The monoisotopic (exact) mass is 369 g/mol. The van der Waals surface area contributed by atoms with E-state index in [4.69, 9.17) is 4.42 Å². The van der Waals surface area contributed by atoms with Crippen LogP contribution in [0.25, 0.3) is 0 Å². The van der Waals surface area contributed by atoms with Gasteiger partial charge in [0.25, 0.3) is 5.91 Å². The maximum Gasteiger partial charge on any atom is 0.291 e. The van der Waals surface area contributed by atoms with Crippen molar-refractivity contribution >= 4 is 11.8 Å². The molecule has 142 valence electrons. The van der Waals surface area contributed by atoms with E-state index in [1.165, 1.54) is 12.6 Å². The van der Waals surface area contributed by atoms with Crippen LogP contribution >= 0.6 is 0 Å². The highest BCUT2D eigenvalue weighted by molar-refractivity contribution is 5.91. The predicted octanol–water partition coefficient (Wildman–Crippen LogP) is 1.86. The van der Waals surface area contributed by atoms with Crippen molar-refractivity contribution in [2.45, 2.75) is 31.4 Å². The Morgan fingerprint density at radius 3 is 2.59 bits per heavy atom. The molecule has 2 aliphatic rings. The third-order valence-corrected chi connectivity index (χ3v) is 5.95. The zero-order valence-corrected chi connectivity index (χ0v) is 15.2. The second-order valence-corrected chi connectivity index (χ2v) is 7.48. The van der Waals surface area contributed by atoms with Crippen LogP contribution in [0.4, 0.5) is 0 Å². The van der Waals surface area contributed by atoms with E-state index in [2.05, 4.69) is 4.98 Å². The Balaban J connectivity index is 1.49. The maximum atomic E-state index is 13.2. The zero-order chi connectivity index (χ0) is 19.0. The van der Waals surface area contributed by atoms with Crippen LogP contribution in [0.3, 0.4) is 0 Å². The summed E-state index contributed by atoms with van der Waals surface area (Å²) in [5.74, 6) is 0.0531. The van der Waals surface area contributed by atoms with E-state index in [9.17, 15) is 14.7 Å². The fraction of sp³-hybridized carbons (Fsp3) is 0.450. The van der Waals surface area contributed by atoms with Gasteiger partial charge < -0.3 is 19.3 Å². The fourth-order valence-corrected chi connectivity index (χ4v) is 4.49. The average molecular weight is 369 g/mol. The van der Waals surface area contributed by atoms with E-state index in [-0.39, 0.29) is 23.6 Å². The molecule has 1 N–H and O–H groups in total. The lowest BCUT2D eigenvalue weighted by Crippen LogP contribution is -2.57. The fourth-order valence-electron chi connectivity index (χ4n) is 4.49. The quantitative estimate of drug-likeness (QED) is 0.873. The molecule has 0 aliphatic carbocycles. The third-order valence-electron chi connectivity index (χ3n) is 5.95. The number of likely N-dealkylation sites (N-methyl/N-ethyl adjacent to an activating group) is 1. The summed E-state index contributed by atoms with van der Waals surface area (Å²) in [5.41, 5.74) is 0.325. The minimum Gasteiger partial charge on any atom is -0.438 e. The number of hydrogen-bond donors (Lipinski definition) is 1. The number of amides is 2. The molecular formula is C20H23N3O4. The van der Waals surface area contributed by atoms with Gasteiger partial charge in [0.15, 0.2) is 6.39 Å². The number of carbonyl (C=O) groups excluding carboxylic acids is 2. The standard InChI is InChI=1S/C20H23N3O4/c1-22-17(14-5-3-2-4-6-14)15(24)11-20(19(22)26)7-9-23(10-8-20)18(25)16-12-21-13-27-16/h2-6,12-13,15,17,24H,7-11H2,1H3/t15-,17+/m1/s1. The molecule has 7 nitrogen and oxygen atoms in total. The number of carbonyl (C=O) groups is 2. The van der Waals surface area contributed by atoms with Crippen LogP contribution in [0.1, 0.15) is 41.4 Å². The SMILES string of the molecule is CN1C(=O)C2(CCN(C(=O)c3cnco3)CC2)C[C@@H](O)[C@@H]1c1ccccc1. The summed E-state index contributed by atoms with van der Waals surface area (Å²) in [6.45, 7) is 0.920. The first-order valence-electron chi connectivity index (χ1n) is 9.20. The van der Waals surface area contributed by atoms with E-state index < -0.39 is 11.5 Å². The van der Waals surface area contributed by atoms with Gasteiger partial charge >= 0.3 is 0 Å². The molecule has 1 spiro atoms. The summed E-state index contributed by atoms with van der Waals surface area (Å²) in [6.07, 6.45) is 3.49. The summed E-state index contributed by atoms with van der Waals surface area (Å²) in [4.78, 5) is 32.8. The molecule has 27 heavy (non-hydrogen) atoms. The van der Waals surface area contributed by atoms with Crippen molar-refractivity contribution in [3.63, 3.8) is 0 Å². The highest BCUT2D eigenvalue weighted by Crippen LogP contribution is 2.46. The molecule has 2 fully saturated rings. The second kappa shape index (κ2) is 6.81. The van der Waals surface area contributed by atoms with E-state index >= 15 is 0 Å². The van der Waals surface area contributed by atoms with Crippen molar-refractivity contribution in [3.05, 3.63) is 54.2 Å². The van der Waals surface area contributed by atoms with Gasteiger partial charge in [-0.2, -0.15) is 0 Å². The molecule has 7 heteroatoms. The highest BCUT2D eigenvalue weighted by atomic mass is 16.3. The van der Waals surface area contributed by atoms with Gasteiger partial charge in [-0.15, -0.1) is 0 Å². The van der Waals surface area contributed by atoms with Crippen LogP contribution in [0, 0.1) is 5.41 Å². The van der Waals surface area contributed by atoms with Crippen molar-refractivity contribution in [1.82, 2.24) is 14.8 Å². The van der Waals surface area contributed by atoms with Gasteiger partial charge in [-0.1, -0.05) is 30.3 Å². The van der Waals surface area contributed by atoms with Gasteiger partial charge in [0.1, 0.15) is 0 Å². The molecule has 1 aromatic carbocycles. The van der Waals surface area contributed by atoms with Gasteiger partial charge in [-0.05, 0) is 24.8 Å². The second-order valence-electron chi connectivity index (χ2n) is 7.48. The zero-order valence-electron chi connectivity index (χ0n) is 15.2. The number of aromatic nitrogens is 1. The number of hydrogen-bond acceptors (Lipinski definition) is 5. The van der Waals surface area contributed by atoms with Crippen LogP contribution in [0.2, 0.25) is 0 Å². The Kier molecular flexibility index (Phi) is 4.47. The van der Waals surface area contributed by atoms with Crippen molar-refractivity contribution in [1.29, 1.82) is 0 Å². The lowest BCUT2D eigenvalue weighted by Gasteiger charge is -2.50. The van der Waals surface area contributed by atoms with E-state index in [0.29, 0.717) is 32.4 Å². The molecule has 1 aromatic heterocycles. The van der Waals surface area contributed by atoms with Crippen LogP contribution in [0.5, 0.6) is 0 Å². The van der Waals surface area contributed by atoms with Crippen molar-refractivity contribution in [2.75, 3.05) is 20.1 Å². The first-order valence-corrected chi connectivity index (χ1v) is 9.20. The number of benzene rings is 1. The normalized spacial score (nSPS) is 25.0. The summed E-state index contributed by atoms with van der Waals surface area (Å²) in [5, 5.41) is 10.9. The van der Waals surface area contributed by atoms with Crippen molar-refractivity contribution < 1.29 is 19.1 Å². The smallest absolute Gasteiger partial charge is 0.291 e. The maximum absolute atomic E-state index is 13.2. The number of likely N-dealkylation sites (tertiary alicyclic amines) is 2. The molecule has 0 unspecified atom stereocenters. The van der Waals surface area contributed by atoms with Crippen LogP contribution in [-0.2, 0) is 4.79 Å². The largest absolute Gasteiger partial charge is 0.438 e. The lowest BCUT2D eigenvalue weighted by molar-refractivity contribution is -0.161. The predicted molar refractivity (Wildman–Crippen MR) is 96.7 cm³/mol. The van der Waals surface area contributed by atoms with Crippen LogP contribution in [0.15, 0.2) is 47.3 Å². The Hall–Kier alpha value is -2.67. The minimum absolute atomic E-state index is 0.0495. The number of rotatable bonds is 2. The van der Waals surface area contributed by atoms with Gasteiger partial charge in [-0.3, -0.25) is 9.59 Å². The topological polar surface area (TPSA) is 86.9 Å². The number of piperidine rings is 2. The molecule has 2 aromatic rings. The van der Waals surface area contributed by atoms with Crippen LogP contribution in [-0.4, -0.2) is 57.9 Å². The summed E-state index contributed by atoms with van der Waals surface area (Å²) >= 11 is 0. The number of nitrogens with zero attached hydrogens (tertiary/aromatic N) is 3. The van der Waals surface area contributed by atoms with E-state index in [0.717, 1.165) is 5.56 Å². The molecule has 2 amide bonds. The Bertz CT molecular complexity index is 813. The molecule has 2 saturated heterocycles. The van der Waals surface area contributed by atoms with Gasteiger partial charge in [0.2, 0.25) is 11.7 Å². The molecule has 2 aliphatic heterocycles. The highest BCUT2D eigenvalue weighted by Gasteiger charge is 2.51. The first kappa shape index (κ1) is 17.7. The summed E-state index contributed by atoms with van der Waals surface area (Å²) in [7, 11) is 1.76.